The third-order valence-corrected chi connectivity index (χ3v) is 4.63. The molecule has 3 heterocycles. The van der Waals surface area contributed by atoms with Gasteiger partial charge in [-0.15, -0.1) is 0 Å². The van der Waals surface area contributed by atoms with Gasteiger partial charge in [0, 0.05) is 12.6 Å². The largest absolute Gasteiger partial charge is 0.436 e. The van der Waals surface area contributed by atoms with Gasteiger partial charge in [0.25, 0.3) is 5.91 Å². The van der Waals surface area contributed by atoms with E-state index in [1.54, 1.807) is 6.07 Å². The van der Waals surface area contributed by atoms with Crippen molar-refractivity contribution in [2.75, 3.05) is 24.1 Å². The molecule has 3 rings (SSSR count). The van der Waals surface area contributed by atoms with Gasteiger partial charge in [0.2, 0.25) is 0 Å². The van der Waals surface area contributed by atoms with E-state index in [2.05, 4.69) is 46.3 Å². The minimum absolute atomic E-state index is 0.226. The molecule has 146 valence electrons. The van der Waals surface area contributed by atoms with Crippen molar-refractivity contribution >= 4 is 33.5 Å². The van der Waals surface area contributed by atoms with E-state index in [0.29, 0.717) is 6.54 Å². The van der Waals surface area contributed by atoms with Crippen molar-refractivity contribution in [3.05, 3.63) is 27.8 Å². The van der Waals surface area contributed by atoms with Crippen molar-refractivity contribution in [3.8, 4) is 0 Å². The third-order valence-electron chi connectivity index (χ3n) is 4.08. The van der Waals surface area contributed by atoms with Crippen LogP contribution in [0, 0.1) is 0 Å². The summed E-state index contributed by atoms with van der Waals surface area (Å²) in [5, 5.41) is 9.28. The monoisotopic (exact) mass is 447 g/mol. The van der Waals surface area contributed by atoms with Crippen LogP contribution in [0.3, 0.4) is 0 Å². The van der Waals surface area contributed by atoms with E-state index >= 15 is 0 Å². The number of carbonyl (C=O) groups excluding carboxylic acids is 1. The number of piperidine rings is 1. The van der Waals surface area contributed by atoms with Gasteiger partial charge in [0.05, 0.1) is 5.69 Å². The number of aromatic amines is 1. The Morgan fingerprint density at radius 1 is 1.30 bits per heavy atom. The molecule has 0 unspecified atom stereocenters. The van der Waals surface area contributed by atoms with Crippen molar-refractivity contribution in [2.24, 2.45) is 0 Å². The first-order valence-corrected chi connectivity index (χ1v) is 9.01. The lowest BCUT2D eigenvalue weighted by molar-refractivity contribution is -0.142. The Morgan fingerprint density at radius 2 is 2.00 bits per heavy atom. The van der Waals surface area contributed by atoms with Crippen LogP contribution in [0.1, 0.15) is 41.1 Å². The summed E-state index contributed by atoms with van der Waals surface area (Å²) in [4.78, 5) is 21.4. The zero-order valence-electron chi connectivity index (χ0n) is 14.1. The Kier molecular flexibility index (Phi) is 5.65. The second-order valence-electron chi connectivity index (χ2n) is 6.16. The number of nitrogens with one attached hydrogen (secondary N) is 2. The maximum Gasteiger partial charge on any atom is 0.436 e. The topological polar surface area (TPSA) is 113 Å². The molecule has 27 heavy (non-hydrogen) atoms. The highest BCUT2D eigenvalue weighted by molar-refractivity contribution is 9.10. The second kappa shape index (κ2) is 7.80. The summed E-state index contributed by atoms with van der Waals surface area (Å²) in [7, 11) is 0. The van der Waals surface area contributed by atoms with Crippen LogP contribution in [0.25, 0.3) is 0 Å². The summed E-state index contributed by atoms with van der Waals surface area (Å²) in [5.41, 5.74) is 4.59. The molecule has 4 N–H and O–H groups in total. The predicted octanol–water partition coefficient (Wildman–Crippen LogP) is 2.80. The van der Waals surface area contributed by atoms with Gasteiger partial charge in [-0.05, 0) is 41.9 Å². The lowest BCUT2D eigenvalue weighted by atomic mass is 10.1. The van der Waals surface area contributed by atoms with Crippen LogP contribution in [0.15, 0.2) is 10.7 Å². The van der Waals surface area contributed by atoms with E-state index in [1.807, 2.05) is 0 Å². The van der Waals surface area contributed by atoms with Crippen LogP contribution in [0.4, 0.5) is 24.8 Å². The Bertz CT molecular complexity index is 833. The second-order valence-corrected chi connectivity index (χ2v) is 6.92. The minimum Gasteiger partial charge on any atom is -0.382 e. The summed E-state index contributed by atoms with van der Waals surface area (Å²) in [6, 6.07) is 1.66. The molecule has 1 aliphatic rings. The van der Waals surface area contributed by atoms with Crippen LogP contribution in [0.5, 0.6) is 0 Å². The number of hydrogen-bond acceptors (Lipinski definition) is 6. The van der Waals surface area contributed by atoms with Gasteiger partial charge in [0.1, 0.15) is 4.60 Å². The maximum absolute atomic E-state index is 12.8. The molecule has 0 aromatic carbocycles. The van der Waals surface area contributed by atoms with Crippen molar-refractivity contribution in [3.63, 3.8) is 0 Å². The first kappa shape index (κ1) is 19.5. The minimum atomic E-state index is -4.74. The van der Waals surface area contributed by atoms with Crippen molar-refractivity contribution < 1.29 is 18.0 Å². The highest BCUT2D eigenvalue weighted by atomic mass is 79.9. The van der Waals surface area contributed by atoms with Gasteiger partial charge >= 0.3 is 6.18 Å². The van der Waals surface area contributed by atoms with Crippen LogP contribution in [0.2, 0.25) is 0 Å². The van der Waals surface area contributed by atoms with Crippen LogP contribution >= 0.6 is 15.9 Å². The number of amides is 1. The van der Waals surface area contributed by atoms with Crippen LogP contribution in [-0.2, 0) is 12.7 Å². The average Bonchev–Trinajstić information content (AvgIpc) is 3.03. The molecule has 0 bridgehead atoms. The number of H-pyrrole nitrogens is 1. The summed E-state index contributed by atoms with van der Waals surface area (Å²) in [6.07, 6.45) is -1.20. The zero-order valence-corrected chi connectivity index (χ0v) is 15.7. The molecule has 1 aliphatic heterocycles. The molecule has 0 aliphatic carbocycles. The van der Waals surface area contributed by atoms with Crippen molar-refractivity contribution in [1.29, 1.82) is 0 Å². The van der Waals surface area contributed by atoms with Crippen molar-refractivity contribution in [1.82, 2.24) is 25.1 Å². The number of hydrogen-bond donors (Lipinski definition) is 3. The summed E-state index contributed by atoms with van der Waals surface area (Å²) < 4.78 is 37.8. The van der Waals surface area contributed by atoms with Gasteiger partial charge < -0.3 is 11.1 Å². The van der Waals surface area contributed by atoms with E-state index in [9.17, 15) is 18.0 Å². The number of alkyl halides is 3. The van der Waals surface area contributed by atoms with Gasteiger partial charge in [-0.1, -0.05) is 6.42 Å². The van der Waals surface area contributed by atoms with E-state index in [1.165, 1.54) is 6.42 Å². The Morgan fingerprint density at radius 3 is 2.67 bits per heavy atom. The predicted molar refractivity (Wildman–Crippen MR) is 94.8 cm³/mol. The molecule has 1 fully saturated rings. The van der Waals surface area contributed by atoms with Gasteiger partial charge in [-0.2, -0.15) is 18.3 Å². The van der Waals surface area contributed by atoms with Crippen LogP contribution in [-0.4, -0.2) is 44.1 Å². The molecule has 0 saturated carbocycles. The number of anilines is 2. The number of nitrogen functional groups attached to an aromatic ring is 1. The number of aromatic nitrogens is 4. The van der Waals surface area contributed by atoms with Gasteiger partial charge in [-0.3, -0.25) is 14.8 Å². The van der Waals surface area contributed by atoms with Crippen LogP contribution < -0.4 is 11.1 Å². The smallest absolute Gasteiger partial charge is 0.382 e. The fraction of sp³-hybridized carbons (Fsp3) is 0.467. The van der Waals surface area contributed by atoms with E-state index < -0.39 is 33.9 Å². The molecular weight excluding hydrogens is 431 g/mol. The summed E-state index contributed by atoms with van der Waals surface area (Å²) in [6.45, 7) is 2.69. The molecule has 2 aromatic rings. The van der Waals surface area contributed by atoms with Crippen molar-refractivity contribution in [2.45, 2.75) is 32.0 Å². The lowest BCUT2D eigenvalue weighted by Gasteiger charge is -2.25. The average molecular weight is 448 g/mol. The highest BCUT2D eigenvalue weighted by Gasteiger charge is 2.37. The molecule has 2 aromatic heterocycles. The number of carbonyl (C=O) groups is 1. The highest BCUT2D eigenvalue weighted by Crippen LogP contribution is 2.33. The number of likely N-dealkylation sites (tertiary alicyclic amines) is 1. The third kappa shape index (κ3) is 4.75. The molecule has 1 saturated heterocycles. The molecular formula is C15H17BrF3N7O. The molecule has 8 nitrogen and oxygen atoms in total. The molecule has 0 spiro atoms. The Balaban J connectivity index is 1.69. The summed E-state index contributed by atoms with van der Waals surface area (Å²) >= 11 is 2.67. The SMILES string of the molecule is Nc1nc(C(F)(F)F)c(Br)nc1C(=O)Nc1cc(CN2CCCCC2)[nH]n1. The van der Waals surface area contributed by atoms with E-state index in [0.717, 1.165) is 31.6 Å². The molecule has 0 radical (unpaired) electrons. The number of halogens is 4. The fourth-order valence-electron chi connectivity index (χ4n) is 2.82. The maximum atomic E-state index is 12.8. The molecule has 12 heteroatoms. The first-order chi connectivity index (χ1) is 12.7. The Hall–Kier alpha value is -2.21. The van der Waals surface area contributed by atoms with E-state index in [4.69, 9.17) is 5.73 Å². The number of rotatable bonds is 4. The molecule has 1 amide bonds. The number of nitrogens with zero attached hydrogens (tertiary/aromatic N) is 4. The summed E-state index contributed by atoms with van der Waals surface area (Å²) in [5.74, 6) is -1.19. The van der Waals surface area contributed by atoms with E-state index in [-0.39, 0.29) is 5.82 Å². The lowest BCUT2D eigenvalue weighted by Crippen LogP contribution is -2.29. The first-order valence-electron chi connectivity index (χ1n) is 8.22. The Labute approximate surface area is 160 Å². The van der Waals surface area contributed by atoms with Gasteiger partial charge in [-0.25, -0.2) is 9.97 Å². The molecule has 0 atom stereocenters. The normalized spacial score (nSPS) is 15.7. The number of nitrogens with two attached hydrogens (primary N) is 1. The quantitative estimate of drug-likeness (QED) is 0.663. The zero-order chi connectivity index (χ0) is 19.6. The fourth-order valence-corrected chi connectivity index (χ4v) is 3.31. The standard InChI is InChI=1S/C15H17BrF3N7O/c16-12-11(15(17,18)19)23-13(20)10(22-12)14(27)21-9-6-8(24-25-9)7-26-4-2-1-3-5-26/h6H,1-5,7H2,(H2,20,23)(H2,21,24,25,27). The van der Waals surface area contributed by atoms with Gasteiger partial charge in [0.15, 0.2) is 23.0 Å².